The quantitative estimate of drug-likeness (QED) is 0.787. The molecule has 0 saturated carbocycles. The molecule has 0 atom stereocenters. The average Bonchev–Trinajstić information content (AvgIpc) is 2.93. The number of hydrogen-bond acceptors (Lipinski definition) is 4. The molecule has 1 aromatic carbocycles. The van der Waals surface area contributed by atoms with Gasteiger partial charge in [0.1, 0.15) is 16.4 Å². The van der Waals surface area contributed by atoms with Gasteiger partial charge in [0.15, 0.2) is 0 Å². The van der Waals surface area contributed by atoms with Gasteiger partial charge in [0.25, 0.3) is 5.56 Å². The predicted molar refractivity (Wildman–Crippen MR) is 88.9 cm³/mol. The van der Waals surface area contributed by atoms with Crippen LogP contribution in [0.3, 0.4) is 0 Å². The highest BCUT2D eigenvalue weighted by molar-refractivity contribution is 7.18. The molecule has 0 aliphatic heterocycles. The van der Waals surface area contributed by atoms with Crippen LogP contribution in [-0.2, 0) is 12.8 Å². The van der Waals surface area contributed by atoms with E-state index in [0.29, 0.717) is 11.6 Å². The number of H-pyrrole nitrogens is 1. The van der Waals surface area contributed by atoms with Crippen molar-refractivity contribution in [1.82, 2.24) is 9.97 Å². The van der Waals surface area contributed by atoms with Gasteiger partial charge in [-0.1, -0.05) is 12.1 Å². The molecule has 4 nitrogen and oxygen atoms in total. The Bertz CT molecular complexity index is 911. The third-order valence-electron chi connectivity index (χ3n) is 4.19. The van der Waals surface area contributed by atoms with Gasteiger partial charge in [0.05, 0.1) is 18.1 Å². The minimum Gasteiger partial charge on any atom is -0.496 e. The summed E-state index contributed by atoms with van der Waals surface area (Å²) in [5.74, 6) is 1.29. The first kappa shape index (κ1) is 13.5. The molecule has 1 aliphatic rings. The highest BCUT2D eigenvalue weighted by Crippen LogP contribution is 2.35. The molecule has 2 aromatic heterocycles. The number of thiophene rings is 1. The molecule has 5 heteroatoms. The van der Waals surface area contributed by atoms with Gasteiger partial charge in [-0.05, 0) is 43.4 Å². The number of hydrogen-bond donors (Lipinski definition) is 1. The van der Waals surface area contributed by atoms with Gasteiger partial charge in [-0.25, -0.2) is 4.98 Å². The fraction of sp³-hybridized carbons (Fsp3) is 0.294. The number of nitrogens with zero attached hydrogens (tertiary/aromatic N) is 1. The lowest BCUT2D eigenvalue weighted by Crippen LogP contribution is -2.11. The number of methoxy groups -OCH3 is 1. The third kappa shape index (κ3) is 2.04. The summed E-state index contributed by atoms with van der Waals surface area (Å²) in [5, 5.41) is 0.790. The van der Waals surface area contributed by atoms with Crippen LogP contribution in [-0.4, -0.2) is 17.1 Å². The van der Waals surface area contributed by atoms with Crippen LogP contribution in [0.25, 0.3) is 21.6 Å². The third-order valence-corrected chi connectivity index (χ3v) is 5.37. The van der Waals surface area contributed by atoms with Crippen molar-refractivity contribution in [2.45, 2.75) is 25.7 Å². The Kier molecular flexibility index (Phi) is 3.22. The molecule has 0 amide bonds. The smallest absolute Gasteiger partial charge is 0.260 e. The number of aromatic nitrogens is 2. The van der Waals surface area contributed by atoms with E-state index in [1.807, 2.05) is 24.3 Å². The Morgan fingerprint density at radius 1 is 1.23 bits per heavy atom. The van der Waals surface area contributed by atoms with Gasteiger partial charge in [-0.15, -0.1) is 11.3 Å². The van der Waals surface area contributed by atoms with E-state index < -0.39 is 0 Å². The first-order valence-corrected chi connectivity index (χ1v) is 8.27. The highest BCUT2D eigenvalue weighted by atomic mass is 32.1. The molecule has 0 spiro atoms. The molecular weight excluding hydrogens is 296 g/mol. The number of para-hydroxylation sites is 1. The first-order valence-electron chi connectivity index (χ1n) is 7.46. The van der Waals surface area contributed by atoms with Gasteiger partial charge in [-0.3, -0.25) is 4.79 Å². The normalized spacial score (nSPS) is 14.0. The van der Waals surface area contributed by atoms with E-state index in [1.54, 1.807) is 18.4 Å². The lowest BCUT2D eigenvalue weighted by molar-refractivity contribution is 0.416. The van der Waals surface area contributed by atoms with Gasteiger partial charge in [0.2, 0.25) is 0 Å². The second-order valence-corrected chi connectivity index (χ2v) is 6.59. The van der Waals surface area contributed by atoms with Crippen molar-refractivity contribution in [3.05, 3.63) is 45.1 Å². The van der Waals surface area contributed by atoms with E-state index in [1.165, 1.54) is 16.9 Å². The van der Waals surface area contributed by atoms with E-state index in [-0.39, 0.29) is 5.56 Å². The minimum atomic E-state index is -0.0368. The van der Waals surface area contributed by atoms with Gasteiger partial charge in [0, 0.05) is 4.88 Å². The van der Waals surface area contributed by atoms with Gasteiger partial charge >= 0.3 is 0 Å². The molecule has 0 saturated heterocycles. The predicted octanol–water partition coefficient (Wildman–Crippen LogP) is 3.54. The second-order valence-electron chi connectivity index (χ2n) is 5.51. The summed E-state index contributed by atoms with van der Waals surface area (Å²) in [4.78, 5) is 22.4. The Morgan fingerprint density at radius 3 is 2.91 bits per heavy atom. The van der Waals surface area contributed by atoms with Crippen molar-refractivity contribution in [2.24, 2.45) is 0 Å². The largest absolute Gasteiger partial charge is 0.496 e. The lowest BCUT2D eigenvalue weighted by Gasteiger charge is -2.10. The Labute approximate surface area is 131 Å². The van der Waals surface area contributed by atoms with Crippen LogP contribution in [0.15, 0.2) is 29.1 Å². The van der Waals surface area contributed by atoms with Crippen LogP contribution in [0.2, 0.25) is 0 Å². The zero-order valence-electron chi connectivity index (χ0n) is 12.3. The van der Waals surface area contributed by atoms with Crippen molar-refractivity contribution in [3.63, 3.8) is 0 Å². The van der Waals surface area contributed by atoms with Crippen molar-refractivity contribution < 1.29 is 4.74 Å². The first-order chi connectivity index (χ1) is 10.8. The zero-order chi connectivity index (χ0) is 15.1. The van der Waals surface area contributed by atoms with Crippen molar-refractivity contribution >= 4 is 21.6 Å². The number of nitrogens with one attached hydrogen (secondary N) is 1. The molecule has 0 unspecified atom stereocenters. The highest BCUT2D eigenvalue weighted by Gasteiger charge is 2.20. The summed E-state index contributed by atoms with van der Waals surface area (Å²) in [6, 6.07) is 7.61. The van der Waals surface area contributed by atoms with Crippen LogP contribution < -0.4 is 10.3 Å². The zero-order valence-corrected chi connectivity index (χ0v) is 13.1. The van der Waals surface area contributed by atoms with Crippen molar-refractivity contribution in [1.29, 1.82) is 0 Å². The fourth-order valence-electron chi connectivity index (χ4n) is 3.13. The molecule has 0 bridgehead atoms. The van der Waals surface area contributed by atoms with Crippen LogP contribution in [0, 0.1) is 0 Å². The number of fused-ring (bicyclic) bond motifs is 3. The summed E-state index contributed by atoms with van der Waals surface area (Å²) in [5.41, 5.74) is 1.99. The minimum absolute atomic E-state index is 0.0368. The van der Waals surface area contributed by atoms with Crippen LogP contribution in [0.1, 0.15) is 23.3 Å². The fourth-order valence-corrected chi connectivity index (χ4v) is 4.39. The van der Waals surface area contributed by atoms with Crippen LogP contribution >= 0.6 is 11.3 Å². The van der Waals surface area contributed by atoms with Crippen LogP contribution in [0.4, 0.5) is 0 Å². The number of benzene rings is 1. The molecule has 112 valence electrons. The van der Waals surface area contributed by atoms with E-state index in [9.17, 15) is 4.79 Å². The maximum absolute atomic E-state index is 12.6. The van der Waals surface area contributed by atoms with E-state index in [0.717, 1.165) is 35.0 Å². The Balaban J connectivity index is 1.96. The van der Waals surface area contributed by atoms with Gasteiger partial charge < -0.3 is 9.72 Å². The summed E-state index contributed by atoms with van der Waals surface area (Å²) >= 11 is 1.66. The summed E-state index contributed by atoms with van der Waals surface area (Å²) in [6.07, 6.45) is 4.43. The van der Waals surface area contributed by atoms with E-state index in [2.05, 4.69) is 4.98 Å². The number of aromatic amines is 1. The van der Waals surface area contributed by atoms with Crippen molar-refractivity contribution in [2.75, 3.05) is 7.11 Å². The number of ether oxygens (including phenoxy) is 1. The molecule has 4 rings (SSSR count). The molecule has 1 N–H and O–H groups in total. The molecular formula is C17H16N2O2S. The van der Waals surface area contributed by atoms with Crippen molar-refractivity contribution in [3.8, 4) is 17.1 Å². The molecule has 0 radical (unpaired) electrons. The average molecular weight is 312 g/mol. The Morgan fingerprint density at radius 2 is 2.05 bits per heavy atom. The molecule has 22 heavy (non-hydrogen) atoms. The monoisotopic (exact) mass is 312 g/mol. The van der Waals surface area contributed by atoms with Gasteiger partial charge in [-0.2, -0.15) is 0 Å². The molecule has 2 heterocycles. The van der Waals surface area contributed by atoms with E-state index in [4.69, 9.17) is 9.72 Å². The van der Waals surface area contributed by atoms with Crippen LogP contribution in [0.5, 0.6) is 5.75 Å². The SMILES string of the molecule is COc1ccccc1-c1nc2sc3c(c2c(=O)[nH]1)CCCC3. The van der Waals surface area contributed by atoms with E-state index >= 15 is 0 Å². The summed E-state index contributed by atoms with van der Waals surface area (Å²) < 4.78 is 5.37. The Hall–Kier alpha value is -2.14. The summed E-state index contributed by atoms with van der Waals surface area (Å²) in [7, 11) is 1.62. The number of aryl methyl sites for hydroxylation is 2. The lowest BCUT2D eigenvalue weighted by atomic mass is 9.97. The molecule has 3 aromatic rings. The molecule has 0 fully saturated rings. The second kappa shape index (κ2) is 5.25. The maximum Gasteiger partial charge on any atom is 0.260 e. The maximum atomic E-state index is 12.6. The topological polar surface area (TPSA) is 55.0 Å². The number of rotatable bonds is 2. The summed E-state index contributed by atoms with van der Waals surface area (Å²) in [6.45, 7) is 0. The standard InChI is InChI=1S/C17H16N2O2S/c1-21-12-8-4-2-6-10(12)15-18-16(20)14-11-7-3-5-9-13(11)22-17(14)19-15/h2,4,6,8H,3,5,7,9H2,1H3,(H,18,19,20). The molecule has 1 aliphatic carbocycles.